The number of pyridine rings is 1. The van der Waals surface area contributed by atoms with Crippen LogP contribution in [0.5, 0.6) is 0 Å². The molecule has 0 fully saturated rings. The molecular formula is C18H15N3O3S. The second kappa shape index (κ2) is 5.86. The van der Waals surface area contributed by atoms with Gasteiger partial charge in [0.05, 0.1) is 23.1 Å². The van der Waals surface area contributed by atoms with Crippen molar-refractivity contribution in [2.75, 3.05) is 5.75 Å². The molecule has 1 aliphatic heterocycles. The number of carbonyl (C=O) groups excluding carboxylic acids is 1. The zero-order valence-electron chi connectivity index (χ0n) is 13.2. The summed E-state index contributed by atoms with van der Waals surface area (Å²) in [6.07, 6.45) is 5.05. The van der Waals surface area contributed by atoms with Crippen LogP contribution < -0.4 is 5.32 Å². The molecule has 1 N–H and O–H groups in total. The fourth-order valence-electron chi connectivity index (χ4n) is 2.79. The maximum absolute atomic E-state index is 12.4. The van der Waals surface area contributed by atoms with E-state index in [1.807, 2.05) is 36.5 Å². The quantitative estimate of drug-likeness (QED) is 0.781. The van der Waals surface area contributed by atoms with E-state index >= 15 is 0 Å². The first-order valence-corrected chi connectivity index (χ1v) is 9.48. The predicted molar refractivity (Wildman–Crippen MR) is 94.8 cm³/mol. The van der Waals surface area contributed by atoms with Gasteiger partial charge in [0, 0.05) is 23.4 Å². The minimum Gasteiger partial charge on any atom is -0.345 e. The summed E-state index contributed by atoms with van der Waals surface area (Å²) in [5.41, 5.74) is 3.00. The predicted octanol–water partition coefficient (Wildman–Crippen LogP) is 2.04. The Bertz CT molecular complexity index is 1090. The van der Waals surface area contributed by atoms with Gasteiger partial charge in [-0.15, -0.1) is 0 Å². The Morgan fingerprint density at radius 1 is 1.12 bits per heavy atom. The third-order valence-electron chi connectivity index (χ3n) is 4.03. The van der Waals surface area contributed by atoms with E-state index in [-0.39, 0.29) is 11.7 Å². The van der Waals surface area contributed by atoms with Gasteiger partial charge < -0.3 is 9.72 Å². The topological polar surface area (TPSA) is 80.5 Å². The number of imidazole rings is 1. The average Bonchev–Trinajstić information content (AvgIpc) is 3.17. The van der Waals surface area contributed by atoms with Gasteiger partial charge in [-0.05, 0) is 18.2 Å². The van der Waals surface area contributed by atoms with Gasteiger partial charge in [0.25, 0.3) is 5.91 Å². The molecule has 25 heavy (non-hydrogen) atoms. The molecule has 1 aliphatic rings. The van der Waals surface area contributed by atoms with Crippen molar-refractivity contribution in [2.45, 2.75) is 6.04 Å². The molecule has 0 radical (unpaired) electrons. The molecule has 1 amide bonds. The van der Waals surface area contributed by atoms with Crippen LogP contribution in [-0.4, -0.2) is 35.5 Å². The summed E-state index contributed by atoms with van der Waals surface area (Å²) in [5, 5.41) is 3.86. The van der Waals surface area contributed by atoms with E-state index in [0.29, 0.717) is 5.56 Å². The second-order valence-corrected chi connectivity index (χ2v) is 7.84. The molecule has 0 bridgehead atoms. The average molecular weight is 353 g/mol. The van der Waals surface area contributed by atoms with Gasteiger partial charge in [-0.2, -0.15) is 0 Å². The van der Waals surface area contributed by atoms with Crippen molar-refractivity contribution in [2.24, 2.45) is 0 Å². The van der Waals surface area contributed by atoms with Gasteiger partial charge >= 0.3 is 0 Å². The fourth-order valence-corrected chi connectivity index (χ4v) is 4.03. The molecule has 126 valence electrons. The molecule has 3 aromatic rings. The van der Waals surface area contributed by atoms with Crippen molar-refractivity contribution in [3.63, 3.8) is 0 Å². The first-order valence-electron chi connectivity index (χ1n) is 7.76. The highest BCUT2D eigenvalue weighted by atomic mass is 32.2. The van der Waals surface area contributed by atoms with Crippen molar-refractivity contribution >= 4 is 21.4 Å². The largest absolute Gasteiger partial charge is 0.345 e. The summed E-state index contributed by atoms with van der Waals surface area (Å²) in [7, 11) is -3.20. The number of aromatic nitrogens is 2. The summed E-state index contributed by atoms with van der Waals surface area (Å²) in [6.45, 7) is 0. The highest BCUT2D eigenvalue weighted by Gasteiger charge is 2.23. The standard InChI is InChI=1S/C18H15N3O3S/c22-18(19-15-8-9-25(23,24)12-15)14-6-7-17-20-16(11-21(17)10-14)13-4-2-1-3-5-13/h1-11,15H,12H2,(H,19,22). The van der Waals surface area contributed by atoms with E-state index in [1.54, 1.807) is 22.7 Å². The van der Waals surface area contributed by atoms with E-state index in [2.05, 4.69) is 10.3 Å². The lowest BCUT2D eigenvalue weighted by Gasteiger charge is -2.10. The lowest BCUT2D eigenvalue weighted by molar-refractivity contribution is 0.0947. The van der Waals surface area contributed by atoms with E-state index in [4.69, 9.17) is 0 Å². The summed E-state index contributed by atoms with van der Waals surface area (Å²) >= 11 is 0. The summed E-state index contributed by atoms with van der Waals surface area (Å²) in [4.78, 5) is 16.9. The summed E-state index contributed by atoms with van der Waals surface area (Å²) < 4.78 is 24.6. The van der Waals surface area contributed by atoms with Crippen LogP contribution in [0.4, 0.5) is 0 Å². The normalized spacial score (nSPS) is 18.5. The van der Waals surface area contributed by atoms with Crippen molar-refractivity contribution in [3.8, 4) is 11.3 Å². The van der Waals surface area contributed by atoms with E-state index in [9.17, 15) is 13.2 Å². The van der Waals surface area contributed by atoms with Crippen LogP contribution in [0.1, 0.15) is 10.4 Å². The smallest absolute Gasteiger partial charge is 0.253 e. The monoisotopic (exact) mass is 353 g/mol. The van der Waals surface area contributed by atoms with Crippen LogP contribution in [0.2, 0.25) is 0 Å². The Balaban J connectivity index is 1.59. The third kappa shape index (κ3) is 3.18. The van der Waals surface area contributed by atoms with Gasteiger partial charge in [0.2, 0.25) is 0 Å². The molecule has 1 aromatic carbocycles. The molecule has 1 unspecified atom stereocenters. The Hall–Kier alpha value is -2.93. The summed E-state index contributed by atoms with van der Waals surface area (Å²) in [6, 6.07) is 12.7. The fraction of sp³-hybridized carbons (Fsp3) is 0.111. The van der Waals surface area contributed by atoms with Gasteiger partial charge in [0.1, 0.15) is 5.65 Å². The molecular weight excluding hydrogens is 338 g/mol. The van der Waals surface area contributed by atoms with E-state index in [1.165, 1.54) is 6.08 Å². The number of fused-ring (bicyclic) bond motifs is 1. The van der Waals surface area contributed by atoms with Gasteiger partial charge in [0.15, 0.2) is 9.84 Å². The van der Waals surface area contributed by atoms with Gasteiger partial charge in [-0.1, -0.05) is 30.3 Å². The highest BCUT2D eigenvalue weighted by molar-refractivity contribution is 7.94. The van der Waals surface area contributed by atoms with Crippen LogP contribution in [0.15, 0.2) is 66.3 Å². The van der Waals surface area contributed by atoms with E-state index in [0.717, 1.165) is 22.3 Å². The minimum atomic E-state index is -3.20. The number of nitrogens with zero attached hydrogens (tertiary/aromatic N) is 2. The molecule has 1 atom stereocenters. The number of amides is 1. The van der Waals surface area contributed by atoms with Crippen LogP contribution in [0, 0.1) is 0 Å². The lowest BCUT2D eigenvalue weighted by atomic mass is 10.2. The SMILES string of the molecule is O=C(NC1C=CS(=O)(=O)C1)c1ccc2nc(-c3ccccc3)cn2c1. The van der Waals surface area contributed by atoms with Crippen molar-refractivity contribution in [1.29, 1.82) is 0 Å². The molecule has 3 heterocycles. The van der Waals surface area contributed by atoms with Crippen molar-refractivity contribution < 1.29 is 13.2 Å². The maximum atomic E-state index is 12.4. The number of rotatable bonds is 3. The van der Waals surface area contributed by atoms with Crippen molar-refractivity contribution in [3.05, 3.63) is 71.9 Å². The van der Waals surface area contributed by atoms with Crippen LogP contribution in [-0.2, 0) is 9.84 Å². The number of hydrogen-bond donors (Lipinski definition) is 1. The Morgan fingerprint density at radius 2 is 1.92 bits per heavy atom. The zero-order valence-corrected chi connectivity index (χ0v) is 14.0. The Labute approximate surface area is 144 Å². The number of benzene rings is 1. The van der Waals surface area contributed by atoms with Crippen molar-refractivity contribution in [1.82, 2.24) is 14.7 Å². The van der Waals surface area contributed by atoms with Gasteiger partial charge in [-0.3, -0.25) is 4.79 Å². The van der Waals surface area contributed by atoms with Gasteiger partial charge in [-0.25, -0.2) is 13.4 Å². The second-order valence-electron chi connectivity index (χ2n) is 5.91. The first kappa shape index (κ1) is 15.6. The maximum Gasteiger partial charge on any atom is 0.253 e. The summed E-state index contributed by atoms with van der Waals surface area (Å²) in [5.74, 6) is -0.409. The van der Waals surface area contributed by atoms with Crippen LogP contribution in [0.25, 0.3) is 16.9 Å². The molecule has 6 nitrogen and oxygen atoms in total. The first-order chi connectivity index (χ1) is 12.0. The third-order valence-corrected chi connectivity index (χ3v) is 5.42. The zero-order chi connectivity index (χ0) is 17.4. The lowest BCUT2D eigenvalue weighted by Crippen LogP contribution is -2.35. The molecule has 4 rings (SSSR count). The van der Waals surface area contributed by atoms with Crippen LogP contribution >= 0.6 is 0 Å². The molecule has 0 saturated heterocycles. The Kier molecular flexibility index (Phi) is 3.65. The molecule has 7 heteroatoms. The molecule has 0 spiro atoms. The van der Waals surface area contributed by atoms with Crippen LogP contribution in [0.3, 0.4) is 0 Å². The molecule has 2 aromatic heterocycles. The van der Waals surface area contributed by atoms with E-state index < -0.39 is 15.9 Å². The Morgan fingerprint density at radius 3 is 2.64 bits per heavy atom. The number of nitrogens with one attached hydrogen (secondary N) is 1. The number of hydrogen-bond acceptors (Lipinski definition) is 4. The number of carbonyl (C=O) groups is 1. The molecule has 0 saturated carbocycles. The molecule has 0 aliphatic carbocycles. The highest BCUT2D eigenvalue weighted by Crippen LogP contribution is 2.19. The number of sulfone groups is 1. The minimum absolute atomic E-state index is 0.0930.